The number of carbonyl (C=O) groups is 2. The van der Waals surface area contributed by atoms with Crippen molar-refractivity contribution in [2.24, 2.45) is 0 Å². The average Bonchev–Trinajstić information content (AvgIpc) is 2.99. The highest BCUT2D eigenvalue weighted by Gasteiger charge is 2.37. The van der Waals surface area contributed by atoms with E-state index in [-0.39, 0.29) is 5.48 Å². The first kappa shape index (κ1) is 17.9. The van der Waals surface area contributed by atoms with Gasteiger partial charge in [0, 0.05) is 16.3 Å². The van der Waals surface area contributed by atoms with E-state index in [2.05, 4.69) is 5.32 Å². The van der Waals surface area contributed by atoms with Gasteiger partial charge in [-0.1, -0.05) is 6.07 Å². The Bertz CT molecular complexity index is 592. The number of nitrogens with one attached hydrogen (secondary N) is 1. The van der Waals surface area contributed by atoms with E-state index in [0.717, 1.165) is 4.88 Å². The van der Waals surface area contributed by atoms with E-state index in [1.54, 1.807) is 13.8 Å². The predicted octanol–water partition coefficient (Wildman–Crippen LogP) is 1.50. The molecule has 6 nitrogen and oxygen atoms in total. The molecule has 22 heavy (non-hydrogen) atoms. The summed E-state index contributed by atoms with van der Waals surface area (Å²) in [6, 6.07) is 3.78. The summed E-state index contributed by atoms with van der Waals surface area (Å²) >= 11 is 1.49. The number of ether oxygens (including phenoxy) is 2. The van der Waals surface area contributed by atoms with Crippen LogP contribution in [0.15, 0.2) is 40.1 Å². The molecule has 2 heterocycles. The van der Waals surface area contributed by atoms with Crippen LogP contribution in [0.3, 0.4) is 0 Å². The van der Waals surface area contributed by atoms with Gasteiger partial charge in [0.1, 0.15) is 0 Å². The molecule has 0 bridgehead atoms. The Morgan fingerprint density at radius 2 is 1.59 bits per heavy atom. The normalized spacial score (nSPS) is 15.1. The fourth-order valence-electron chi connectivity index (χ4n) is 2.50. The monoisotopic (exact) mass is 325 g/mol. The molecule has 0 unspecified atom stereocenters. The minimum Gasteiger partial charge on any atom is -0.466 e. The number of allylic oxidation sites excluding steroid dienone is 2. The van der Waals surface area contributed by atoms with Gasteiger partial charge < -0.3 is 20.3 Å². The minimum absolute atomic E-state index is 0. The molecular formula is C15H19NO5S. The molecule has 0 atom stereocenters. The second-order valence-electron chi connectivity index (χ2n) is 4.63. The largest absolute Gasteiger partial charge is 0.466 e. The minimum atomic E-state index is -0.467. The number of rotatable bonds is 3. The average molecular weight is 325 g/mol. The van der Waals surface area contributed by atoms with Gasteiger partial charge in [-0.25, -0.2) is 9.59 Å². The van der Waals surface area contributed by atoms with Crippen molar-refractivity contribution in [1.29, 1.82) is 0 Å². The van der Waals surface area contributed by atoms with Crippen LogP contribution in [0.4, 0.5) is 0 Å². The highest BCUT2D eigenvalue weighted by molar-refractivity contribution is 7.10. The van der Waals surface area contributed by atoms with Crippen LogP contribution >= 0.6 is 11.3 Å². The lowest BCUT2D eigenvalue weighted by Gasteiger charge is -2.29. The van der Waals surface area contributed by atoms with Gasteiger partial charge in [-0.05, 0) is 25.3 Å². The lowest BCUT2D eigenvalue weighted by atomic mass is 9.84. The number of dihydropyridines is 1. The Morgan fingerprint density at radius 3 is 1.95 bits per heavy atom. The molecule has 1 aliphatic rings. The van der Waals surface area contributed by atoms with Crippen LogP contribution in [0.5, 0.6) is 0 Å². The first-order valence-electron chi connectivity index (χ1n) is 6.39. The Morgan fingerprint density at radius 1 is 1.09 bits per heavy atom. The van der Waals surface area contributed by atoms with Gasteiger partial charge in [-0.15, -0.1) is 11.3 Å². The summed E-state index contributed by atoms with van der Waals surface area (Å²) in [7, 11) is 2.66. The van der Waals surface area contributed by atoms with Crippen LogP contribution in [0.1, 0.15) is 24.6 Å². The second-order valence-corrected chi connectivity index (χ2v) is 5.61. The molecule has 1 aromatic heterocycles. The molecule has 1 aliphatic heterocycles. The topological polar surface area (TPSA) is 96.1 Å². The summed E-state index contributed by atoms with van der Waals surface area (Å²) in [6.45, 7) is 3.59. The zero-order valence-corrected chi connectivity index (χ0v) is 13.7. The van der Waals surface area contributed by atoms with Gasteiger partial charge in [-0.3, -0.25) is 0 Å². The van der Waals surface area contributed by atoms with Crippen LogP contribution in [-0.4, -0.2) is 31.6 Å². The molecule has 120 valence electrons. The Labute approximate surface area is 132 Å². The van der Waals surface area contributed by atoms with E-state index < -0.39 is 17.9 Å². The second kappa shape index (κ2) is 7.24. The highest BCUT2D eigenvalue weighted by atomic mass is 32.1. The zero-order valence-electron chi connectivity index (χ0n) is 12.9. The molecule has 0 spiro atoms. The summed E-state index contributed by atoms with van der Waals surface area (Å²) < 4.78 is 9.76. The first-order chi connectivity index (χ1) is 10.0. The van der Waals surface area contributed by atoms with Crippen LogP contribution in [-0.2, 0) is 19.1 Å². The third kappa shape index (κ3) is 3.05. The van der Waals surface area contributed by atoms with Gasteiger partial charge in [0.15, 0.2) is 0 Å². The van der Waals surface area contributed by atoms with Crippen molar-refractivity contribution in [2.45, 2.75) is 19.8 Å². The molecule has 0 amide bonds. The molecule has 0 saturated carbocycles. The maximum Gasteiger partial charge on any atom is 0.336 e. The fraction of sp³-hybridized carbons (Fsp3) is 0.333. The van der Waals surface area contributed by atoms with Gasteiger partial charge in [0.2, 0.25) is 0 Å². The number of hydrogen-bond acceptors (Lipinski definition) is 6. The lowest BCUT2D eigenvalue weighted by molar-refractivity contribution is -0.137. The van der Waals surface area contributed by atoms with Crippen LogP contribution in [0.2, 0.25) is 0 Å². The van der Waals surface area contributed by atoms with Gasteiger partial charge in [-0.2, -0.15) is 0 Å². The Hall–Kier alpha value is -2.12. The third-order valence-electron chi connectivity index (χ3n) is 3.40. The number of esters is 2. The van der Waals surface area contributed by atoms with E-state index in [1.165, 1.54) is 25.6 Å². The molecule has 0 aromatic carbocycles. The Kier molecular flexibility index (Phi) is 5.90. The van der Waals surface area contributed by atoms with E-state index in [1.807, 2.05) is 17.5 Å². The standard InChI is InChI=1S/C15H17NO4S.H2O/c1-8-11(14(17)19-3)13(10-6-5-7-21-10)12(9(2)16-8)15(18)20-4;/h5-7,13,16H,1-4H3;1H2. The number of methoxy groups -OCH3 is 2. The predicted molar refractivity (Wildman–Crippen MR) is 83.2 cm³/mol. The number of thiophene rings is 1. The van der Waals surface area contributed by atoms with Gasteiger partial charge in [0.25, 0.3) is 0 Å². The van der Waals surface area contributed by atoms with Gasteiger partial charge >= 0.3 is 11.9 Å². The molecule has 3 N–H and O–H groups in total. The van der Waals surface area contributed by atoms with Crippen molar-refractivity contribution in [2.75, 3.05) is 14.2 Å². The van der Waals surface area contributed by atoms with Gasteiger partial charge in [0.05, 0.1) is 31.3 Å². The molecule has 2 rings (SSSR count). The fourth-order valence-corrected chi connectivity index (χ4v) is 3.34. The van der Waals surface area contributed by atoms with Crippen molar-refractivity contribution in [3.8, 4) is 0 Å². The van der Waals surface area contributed by atoms with E-state index in [0.29, 0.717) is 22.5 Å². The summed E-state index contributed by atoms with van der Waals surface area (Å²) in [4.78, 5) is 25.2. The van der Waals surface area contributed by atoms with Crippen LogP contribution in [0, 0.1) is 0 Å². The summed E-state index contributed by atoms with van der Waals surface area (Å²) in [5.74, 6) is -1.37. The number of carbonyl (C=O) groups excluding carboxylic acids is 2. The van der Waals surface area contributed by atoms with Crippen molar-refractivity contribution >= 4 is 23.3 Å². The maximum atomic E-state index is 12.2. The first-order valence-corrected chi connectivity index (χ1v) is 7.27. The molecular weight excluding hydrogens is 306 g/mol. The number of hydrogen-bond donors (Lipinski definition) is 1. The van der Waals surface area contributed by atoms with E-state index in [4.69, 9.17) is 9.47 Å². The summed E-state index contributed by atoms with van der Waals surface area (Å²) in [5.41, 5.74) is 2.24. The van der Waals surface area contributed by atoms with Crippen LogP contribution in [0.25, 0.3) is 0 Å². The van der Waals surface area contributed by atoms with Crippen molar-refractivity contribution in [3.05, 3.63) is 44.9 Å². The van der Waals surface area contributed by atoms with Crippen molar-refractivity contribution in [1.82, 2.24) is 5.32 Å². The van der Waals surface area contributed by atoms with Crippen LogP contribution < -0.4 is 5.32 Å². The Balaban J connectivity index is 0.00000242. The maximum absolute atomic E-state index is 12.2. The van der Waals surface area contributed by atoms with Crippen molar-refractivity contribution in [3.63, 3.8) is 0 Å². The molecule has 1 aromatic rings. The lowest BCUT2D eigenvalue weighted by Crippen LogP contribution is -2.31. The summed E-state index contributed by atoms with van der Waals surface area (Å²) in [5, 5.41) is 4.97. The molecule has 0 radical (unpaired) electrons. The van der Waals surface area contributed by atoms with E-state index in [9.17, 15) is 9.59 Å². The molecule has 0 saturated heterocycles. The van der Waals surface area contributed by atoms with E-state index >= 15 is 0 Å². The summed E-state index contributed by atoms with van der Waals surface area (Å²) in [6.07, 6.45) is 0. The molecule has 0 aliphatic carbocycles. The smallest absolute Gasteiger partial charge is 0.336 e. The molecule has 0 fully saturated rings. The highest BCUT2D eigenvalue weighted by Crippen LogP contribution is 2.40. The SMILES string of the molecule is COC(=O)C1=C(C)NC(C)=C(C(=O)OC)C1c1cccs1.O. The zero-order chi connectivity index (χ0) is 15.6. The quantitative estimate of drug-likeness (QED) is 0.850. The molecule has 7 heteroatoms. The van der Waals surface area contributed by atoms with Crippen molar-refractivity contribution < 1.29 is 24.5 Å². The third-order valence-corrected chi connectivity index (χ3v) is 4.34.